The van der Waals surface area contributed by atoms with Crippen LogP contribution in [0.4, 0.5) is 17.6 Å². The van der Waals surface area contributed by atoms with Crippen LogP contribution in [-0.2, 0) is 17.0 Å². The van der Waals surface area contributed by atoms with Gasteiger partial charge < -0.3 is 9.53 Å². The second-order valence-electron chi connectivity index (χ2n) is 14.5. The Hall–Kier alpha value is -2.03. The van der Waals surface area contributed by atoms with E-state index in [1.807, 2.05) is 13.8 Å². The van der Waals surface area contributed by atoms with E-state index in [4.69, 9.17) is 9.41 Å². The summed E-state index contributed by atoms with van der Waals surface area (Å²) in [5.41, 5.74) is 3.91. The maximum Gasteiger partial charge on any atom is 0.419 e. The average molecular weight is 592 g/mol. The average Bonchev–Trinajstić information content (AvgIpc) is 3.34. The molecule has 1 aromatic carbocycles. The smallest absolute Gasteiger partial charge is 0.410 e. The van der Waals surface area contributed by atoms with Crippen molar-refractivity contribution in [2.24, 2.45) is 5.41 Å². The van der Waals surface area contributed by atoms with E-state index < -0.39 is 32.0 Å². The molecule has 4 rings (SSSR count). The zero-order chi connectivity index (χ0) is 30.7. The van der Waals surface area contributed by atoms with Gasteiger partial charge in [-0.3, -0.25) is 4.98 Å². The highest BCUT2D eigenvalue weighted by molar-refractivity contribution is 6.74. The van der Waals surface area contributed by atoms with Gasteiger partial charge in [-0.1, -0.05) is 60.6 Å². The van der Waals surface area contributed by atoms with Gasteiger partial charge >= 0.3 is 6.18 Å². The number of hydrogen-bond donors (Lipinski definition) is 1. The fourth-order valence-corrected chi connectivity index (χ4v) is 7.25. The molecule has 0 amide bonds. The summed E-state index contributed by atoms with van der Waals surface area (Å²) in [7, 11) is -2.23. The molecule has 2 aliphatic rings. The van der Waals surface area contributed by atoms with E-state index >= 15 is 0 Å². The normalized spacial score (nSPS) is 20.3. The third-order valence-corrected chi connectivity index (χ3v) is 13.6. The Morgan fingerprint density at radius 2 is 1.78 bits per heavy atom. The van der Waals surface area contributed by atoms with Gasteiger partial charge in [0.1, 0.15) is 11.9 Å². The van der Waals surface area contributed by atoms with Crippen LogP contribution in [0.15, 0.2) is 24.3 Å². The molecular weight excluding hydrogens is 546 g/mol. The van der Waals surface area contributed by atoms with Crippen LogP contribution in [0, 0.1) is 11.2 Å². The lowest BCUT2D eigenvalue weighted by Gasteiger charge is -2.45. The van der Waals surface area contributed by atoms with Crippen molar-refractivity contribution in [2.75, 3.05) is 0 Å². The Balaban J connectivity index is 2.01. The molecule has 0 radical (unpaired) electrons. The molecule has 0 aliphatic heterocycles. The number of aromatic nitrogens is 1. The summed E-state index contributed by atoms with van der Waals surface area (Å²) in [5, 5.41) is 11.9. The Bertz CT molecular complexity index is 1340. The lowest BCUT2D eigenvalue weighted by Crippen LogP contribution is -2.44. The first-order valence-electron chi connectivity index (χ1n) is 14.7. The molecule has 1 N–H and O–H groups in total. The second-order valence-corrected chi connectivity index (χ2v) is 19.2. The highest BCUT2D eigenvalue weighted by Crippen LogP contribution is 2.52. The number of allylic oxidation sites excluding steroid dienone is 2. The summed E-state index contributed by atoms with van der Waals surface area (Å²) in [4.78, 5) is 5.18. The Kier molecular flexibility index (Phi) is 8.49. The van der Waals surface area contributed by atoms with Crippen molar-refractivity contribution in [3.63, 3.8) is 0 Å². The summed E-state index contributed by atoms with van der Waals surface area (Å²) in [5.74, 6) is -1.47. The SMILES string of the molecule is CC(C)c1nc2c(c(C3=CCCC3)c1C(O)c1ccc(C(F)(F)F)c(F)c1)C(O[Si](C)(C)C(C)(C)C)CC(C)(C)C2. The number of rotatable bonds is 6. The van der Waals surface area contributed by atoms with E-state index in [-0.39, 0.29) is 28.0 Å². The molecule has 41 heavy (non-hydrogen) atoms. The minimum atomic E-state index is -4.81. The summed E-state index contributed by atoms with van der Waals surface area (Å²) in [6, 6.07) is 2.71. The molecule has 3 nitrogen and oxygen atoms in total. The third-order valence-electron chi connectivity index (χ3n) is 9.13. The van der Waals surface area contributed by atoms with Crippen LogP contribution in [0.25, 0.3) is 5.57 Å². The molecule has 2 unspecified atom stereocenters. The van der Waals surface area contributed by atoms with Crippen LogP contribution in [0.5, 0.6) is 0 Å². The minimum absolute atomic E-state index is 0.0209. The molecule has 0 bridgehead atoms. The number of nitrogens with zero attached hydrogens (tertiary/aromatic N) is 1. The predicted octanol–water partition coefficient (Wildman–Crippen LogP) is 10.0. The van der Waals surface area contributed by atoms with Crippen LogP contribution in [-0.4, -0.2) is 18.4 Å². The number of fused-ring (bicyclic) bond motifs is 1. The molecule has 2 atom stereocenters. The predicted molar refractivity (Wildman–Crippen MR) is 159 cm³/mol. The van der Waals surface area contributed by atoms with E-state index in [1.165, 1.54) is 6.07 Å². The van der Waals surface area contributed by atoms with Crippen molar-refractivity contribution >= 4 is 13.9 Å². The molecule has 0 saturated heterocycles. The van der Waals surface area contributed by atoms with Gasteiger partial charge in [0.2, 0.25) is 0 Å². The van der Waals surface area contributed by atoms with Crippen molar-refractivity contribution in [1.29, 1.82) is 0 Å². The van der Waals surface area contributed by atoms with Gasteiger partial charge in [-0.25, -0.2) is 4.39 Å². The fraction of sp³-hybridized carbons (Fsp3) is 0.606. The van der Waals surface area contributed by atoms with E-state index in [0.717, 1.165) is 66.6 Å². The molecule has 226 valence electrons. The van der Waals surface area contributed by atoms with Gasteiger partial charge in [0.05, 0.1) is 11.7 Å². The van der Waals surface area contributed by atoms with E-state index in [9.17, 15) is 22.7 Å². The second kappa shape index (κ2) is 10.9. The number of hydrogen-bond acceptors (Lipinski definition) is 3. The molecule has 0 spiro atoms. The number of benzene rings is 1. The first kappa shape index (κ1) is 31.9. The van der Waals surface area contributed by atoms with Crippen molar-refractivity contribution in [2.45, 2.75) is 123 Å². The van der Waals surface area contributed by atoms with Crippen LogP contribution >= 0.6 is 0 Å². The van der Waals surface area contributed by atoms with Crippen LogP contribution < -0.4 is 0 Å². The molecule has 8 heteroatoms. The van der Waals surface area contributed by atoms with Gasteiger partial charge in [0, 0.05) is 22.5 Å². The van der Waals surface area contributed by atoms with Gasteiger partial charge in [0.15, 0.2) is 8.32 Å². The van der Waals surface area contributed by atoms with Crippen LogP contribution in [0.1, 0.15) is 131 Å². The number of halogens is 4. The summed E-state index contributed by atoms with van der Waals surface area (Å²) < 4.78 is 61.8. The molecule has 2 aromatic rings. The van der Waals surface area contributed by atoms with Crippen LogP contribution in [0.3, 0.4) is 0 Å². The molecule has 0 fully saturated rings. The highest BCUT2D eigenvalue weighted by Gasteiger charge is 2.45. The van der Waals surface area contributed by atoms with Gasteiger partial charge in [-0.2, -0.15) is 13.2 Å². The molecular formula is C33H45F4NO2Si. The number of alkyl halides is 3. The zero-order valence-electron chi connectivity index (χ0n) is 25.9. The van der Waals surface area contributed by atoms with Crippen molar-refractivity contribution in [1.82, 2.24) is 4.98 Å². The first-order valence-corrected chi connectivity index (χ1v) is 17.6. The topological polar surface area (TPSA) is 42.4 Å². The molecule has 1 heterocycles. The summed E-state index contributed by atoms with van der Waals surface area (Å²) in [6.07, 6.45) is 0.0606. The largest absolute Gasteiger partial charge is 0.419 e. The Morgan fingerprint density at radius 1 is 1.12 bits per heavy atom. The highest BCUT2D eigenvalue weighted by atomic mass is 28.4. The van der Waals surface area contributed by atoms with Gasteiger partial charge in [0.25, 0.3) is 0 Å². The van der Waals surface area contributed by atoms with E-state index in [2.05, 4.69) is 53.8 Å². The van der Waals surface area contributed by atoms with Gasteiger partial charge in [-0.05, 0) is 90.4 Å². The zero-order valence-corrected chi connectivity index (χ0v) is 26.9. The lowest BCUT2D eigenvalue weighted by atomic mass is 9.71. The van der Waals surface area contributed by atoms with Crippen molar-refractivity contribution in [3.05, 3.63) is 69.3 Å². The summed E-state index contributed by atoms with van der Waals surface area (Å²) in [6.45, 7) is 19.6. The summed E-state index contributed by atoms with van der Waals surface area (Å²) >= 11 is 0. The number of aliphatic hydroxyl groups excluding tert-OH is 1. The standard InChI is InChI=1S/C33H45F4NO2Si/c1-19(2)29-28(30(39)21-14-15-22(23(34)16-21)33(35,36)37)26(20-12-10-11-13-20)27-24(38-29)17-32(6,7)18-25(27)40-41(8,9)31(3,4)5/h12,14-16,19,25,30,39H,10-11,13,17-18H2,1-9H3. The maximum atomic E-state index is 14.7. The third kappa shape index (κ3) is 6.35. The fourth-order valence-electron chi connectivity index (χ4n) is 5.99. The maximum absolute atomic E-state index is 14.7. The molecule has 1 aromatic heterocycles. The first-order chi connectivity index (χ1) is 18.7. The van der Waals surface area contributed by atoms with E-state index in [0.29, 0.717) is 11.3 Å². The Labute approximate surface area is 243 Å². The number of aliphatic hydroxyl groups is 1. The van der Waals surface area contributed by atoms with E-state index in [1.54, 1.807) is 0 Å². The molecule has 2 aliphatic carbocycles. The monoisotopic (exact) mass is 591 g/mol. The van der Waals surface area contributed by atoms with Crippen molar-refractivity contribution in [3.8, 4) is 0 Å². The van der Waals surface area contributed by atoms with Crippen LogP contribution in [0.2, 0.25) is 18.1 Å². The number of pyridine rings is 1. The molecule has 0 saturated carbocycles. The quantitative estimate of drug-likeness (QED) is 0.268. The minimum Gasteiger partial charge on any atom is -0.410 e. The van der Waals surface area contributed by atoms with Crippen molar-refractivity contribution < 1.29 is 27.1 Å². The van der Waals surface area contributed by atoms with Gasteiger partial charge in [-0.15, -0.1) is 0 Å². The Morgan fingerprint density at radius 3 is 2.29 bits per heavy atom. The lowest BCUT2D eigenvalue weighted by molar-refractivity contribution is -0.140.